The van der Waals surface area contributed by atoms with Crippen LogP contribution in [-0.2, 0) is 28.8 Å². The Labute approximate surface area is 116 Å². The lowest BCUT2D eigenvalue weighted by atomic mass is 10.3. The third-order valence-electron chi connectivity index (χ3n) is 2.94. The second kappa shape index (κ2) is 6.99. The average Bonchev–Trinajstić information content (AvgIpc) is 2.70. The molecule has 0 N–H and O–H groups in total. The van der Waals surface area contributed by atoms with Gasteiger partial charge in [-0.15, -0.1) is 5.06 Å². The van der Waals surface area contributed by atoms with E-state index in [-0.39, 0.29) is 31.7 Å². The fraction of sp³-hybridized carbons (Fsp3) is 0.667. The van der Waals surface area contributed by atoms with E-state index >= 15 is 0 Å². The first-order valence-corrected chi connectivity index (χ1v) is 6.23. The zero-order valence-corrected chi connectivity index (χ0v) is 11.7. The largest absolute Gasteiger partial charge is 0.362 e. The number of hydrogen-bond acceptors (Lipinski definition) is 6. The third kappa shape index (κ3) is 4.02. The van der Waals surface area contributed by atoms with Crippen LogP contribution >= 0.6 is 0 Å². The third-order valence-corrected chi connectivity index (χ3v) is 2.94. The number of rotatable bonds is 6. The standard InChI is InChI=1S/C12H18N2O6/c1-8(15)13(9(2)19-3)7-6-12(18)20-14-10(16)4-5-11(14)17/h9H,4-7H2,1-3H3. The van der Waals surface area contributed by atoms with Gasteiger partial charge in [-0.25, -0.2) is 4.79 Å². The van der Waals surface area contributed by atoms with Crippen molar-refractivity contribution in [2.45, 2.75) is 39.3 Å². The first kappa shape index (κ1) is 16.1. The van der Waals surface area contributed by atoms with E-state index < -0.39 is 24.0 Å². The number of methoxy groups -OCH3 is 1. The van der Waals surface area contributed by atoms with E-state index in [1.165, 1.54) is 18.9 Å². The monoisotopic (exact) mass is 286 g/mol. The van der Waals surface area contributed by atoms with Crippen molar-refractivity contribution >= 4 is 23.7 Å². The number of carbonyl (C=O) groups is 4. The Kier molecular flexibility index (Phi) is 5.63. The van der Waals surface area contributed by atoms with E-state index in [0.717, 1.165) is 0 Å². The molecule has 1 atom stereocenters. The summed E-state index contributed by atoms with van der Waals surface area (Å²) in [7, 11) is 1.44. The summed E-state index contributed by atoms with van der Waals surface area (Å²) in [5.41, 5.74) is 0. The van der Waals surface area contributed by atoms with Gasteiger partial charge < -0.3 is 14.5 Å². The summed E-state index contributed by atoms with van der Waals surface area (Å²) < 4.78 is 5.01. The van der Waals surface area contributed by atoms with E-state index in [9.17, 15) is 19.2 Å². The van der Waals surface area contributed by atoms with Crippen LogP contribution in [0.15, 0.2) is 0 Å². The molecule has 1 heterocycles. The zero-order valence-electron chi connectivity index (χ0n) is 11.7. The van der Waals surface area contributed by atoms with Crippen LogP contribution < -0.4 is 0 Å². The highest BCUT2D eigenvalue weighted by Gasteiger charge is 2.33. The van der Waals surface area contributed by atoms with Gasteiger partial charge >= 0.3 is 5.97 Å². The summed E-state index contributed by atoms with van der Waals surface area (Å²) in [4.78, 5) is 51.5. The molecule has 8 nitrogen and oxygen atoms in total. The van der Waals surface area contributed by atoms with Crippen molar-refractivity contribution in [2.75, 3.05) is 13.7 Å². The van der Waals surface area contributed by atoms with Gasteiger partial charge in [-0.05, 0) is 6.92 Å². The summed E-state index contributed by atoms with van der Waals surface area (Å²) >= 11 is 0. The van der Waals surface area contributed by atoms with Gasteiger partial charge in [0.1, 0.15) is 6.23 Å². The summed E-state index contributed by atoms with van der Waals surface area (Å²) in [6.07, 6.45) is -0.515. The van der Waals surface area contributed by atoms with Crippen LogP contribution in [-0.4, -0.2) is 53.5 Å². The van der Waals surface area contributed by atoms with E-state index in [1.54, 1.807) is 6.92 Å². The second-order valence-corrected chi connectivity index (χ2v) is 4.34. The Balaban J connectivity index is 2.48. The number of carbonyl (C=O) groups excluding carboxylic acids is 4. The van der Waals surface area contributed by atoms with Gasteiger partial charge in [-0.3, -0.25) is 14.4 Å². The Morgan fingerprint density at radius 1 is 1.30 bits per heavy atom. The lowest BCUT2D eigenvalue weighted by Gasteiger charge is -2.26. The predicted molar refractivity (Wildman–Crippen MR) is 65.7 cm³/mol. The van der Waals surface area contributed by atoms with Crippen LogP contribution in [0.25, 0.3) is 0 Å². The van der Waals surface area contributed by atoms with E-state index in [0.29, 0.717) is 5.06 Å². The molecule has 0 spiro atoms. The van der Waals surface area contributed by atoms with Crippen LogP contribution in [0, 0.1) is 0 Å². The predicted octanol–water partition coefficient (Wildman–Crippen LogP) is -0.175. The van der Waals surface area contributed by atoms with Crippen molar-refractivity contribution in [3.8, 4) is 0 Å². The van der Waals surface area contributed by atoms with Crippen molar-refractivity contribution in [3.05, 3.63) is 0 Å². The van der Waals surface area contributed by atoms with Gasteiger partial charge in [0.25, 0.3) is 11.8 Å². The minimum Gasteiger partial charge on any atom is -0.362 e. The maximum atomic E-state index is 11.6. The van der Waals surface area contributed by atoms with E-state index in [1.807, 2.05) is 0 Å². The Bertz CT molecular complexity index is 406. The molecule has 1 fully saturated rings. The molecule has 0 aromatic heterocycles. The molecular weight excluding hydrogens is 268 g/mol. The summed E-state index contributed by atoms with van der Waals surface area (Å²) in [5.74, 6) is -2.06. The molecule has 0 aromatic carbocycles. The van der Waals surface area contributed by atoms with Gasteiger partial charge in [-0.1, -0.05) is 0 Å². The molecule has 1 rings (SSSR count). The number of imide groups is 1. The highest BCUT2D eigenvalue weighted by molar-refractivity contribution is 6.01. The van der Waals surface area contributed by atoms with Crippen molar-refractivity contribution in [1.82, 2.24) is 9.96 Å². The fourth-order valence-electron chi connectivity index (χ4n) is 1.74. The topological polar surface area (TPSA) is 93.2 Å². The first-order chi connectivity index (χ1) is 9.36. The smallest absolute Gasteiger partial charge is 0.334 e. The molecule has 1 aliphatic heterocycles. The molecule has 112 valence electrons. The Hall–Kier alpha value is -1.96. The molecule has 1 aliphatic rings. The Morgan fingerprint density at radius 3 is 2.30 bits per heavy atom. The van der Waals surface area contributed by atoms with Gasteiger partial charge in [0.2, 0.25) is 5.91 Å². The van der Waals surface area contributed by atoms with Crippen LogP contribution in [0.1, 0.15) is 33.1 Å². The van der Waals surface area contributed by atoms with Gasteiger partial charge in [0.15, 0.2) is 0 Å². The molecule has 0 aliphatic carbocycles. The SMILES string of the molecule is COC(C)N(CCC(=O)ON1C(=O)CCC1=O)C(C)=O. The van der Waals surface area contributed by atoms with E-state index in [4.69, 9.17) is 9.57 Å². The van der Waals surface area contributed by atoms with Crippen LogP contribution in [0.2, 0.25) is 0 Å². The molecule has 0 bridgehead atoms. The maximum Gasteiger partial charge on any atom is 0.334 e. The molecule has 3 amide bonds. The zero-order chi connectivity index (χ0) is 15.3. The lowest BCUT2D eigenvalue weighted by molar-refractivity contribution is -0.198. The normalized spacial score (nSPS) is 16.2. The number of hydrogen-bond donors (Lipinski definition) is 0. The van der Waals surface area contributed by atoms with Gasteiger partial charge in [-0.2, -0.15) is 0 Å². The highest BCUT2D eigenvalue weighted by Crippen LogP contribution is 2.13. The summed E-state index contributed by atoms with van der Waals surface area (Å²) in [6.45, 7) is 3.11. The average molecular weight is 286 g/mol. The molecule has 20 heavy (non-hydrogen) atoms. The number of amides is 3. The summed E-state index contributed by atoms with van der Waals surface area (Å²) in [6, 6.07) is 0. The minimum atomic E-state index is -0.747. The molecule has 0 radical (unpaired) electrons. The number of hydroxylamine groups is 2. The molecule has 8 heteroatoms. The van der Waals surface area contributed by atoms with Crippen molar-refractivity contribution in [2.24, 2.45) is 0 Å². The lowest BCUT2D eigenvalue weighted by Crippen LogP contribution is -2.40. The Morgan fingerprint density at radius 2 is 1.85 bits per heavy atom. The maximum absolute atomic E-state index is 11.6. The van der Waals surface area contributed by atoms with Gasteiger partial charge in [0, 0.05) is 33.4 Å². The van der Waals surface area contributed by atoms with Crippen molar-refractivity contribution < 1.29 is 28.8 Å². The van der Waals surface area contributed by atoms with Crippen molar-refractivity contribution in [3.63, 3.8) is 0 Å². The molecule has 1 saturated heterocycles. The quantitative estimate of drug-likeness (QED) is 0.497. The highest BCUT2D eigenvalue weighted by atomic mass is 16.7. The number of ether oxygens (including phenoxy) is 1. The van der Waals surface area contributed by atoms with Crippen molar-refractivity contribution in [1.29, 1.82) is 0 Å². The van der Waals surface area contributed by atoms with Crippen LogP contribution in [0.4, 0.5) is 0 Å². The first-order valence-electron chi connectivity index (χ1n) is 6.23. The summed E-state index contributed by atoms with van der Waals surface area (Å²) in [5, 5.41) is 0.486. The molecule has 1 unspecified atom stereocenters. The number of nitrogens with zero attached hydrogens (tertiary/aromatic N) is 2. The van der Waals surface area contributed by atoms with Crippen LogP contribution in [0.3, 0.4) is 0 Å². The van der Waals surface area contributed by atoms with Gasteiger partial charge in [0.05, 0.1) is 6.42 Å². The second-order valence-electron chi connectivity index (χ2n) is 4.34. The minimum absolute atomic E-state index is 0.0480. The van der Waals surface area contributed by atoms with E-state index in [2.05, 4.69) is 0 Å². The molecular formula is C12H18N2O6. The molecule has 0 aromatic rings. The van der Waals surface area contributed by atoms with Crippen LogP contribution in [0.5, 0.6) is 0 Å². The fourth-order valence-corrected chi connectivity index (χ4v) is 1.74. The molecule has 0 saturated carbocycles.